The van der Waals surface area contributed by atoms with Crippen LogP contribution in [0.3, 0.4) is 0 Å². The second kappa shape index (κ2) is 7.28. The molecular formula is C16H19ClN4O2. The third-order valence-electron chi connectivity index (χ3n) is 3.84. The van der Waals surface area contributed by atoms with Gasteiger partial charge in [0.2, 0.25) is 0 Å². The SMILES string of the molecule is Cl.NC(=O)c1nn(-c2ccccc2)c(=O)cc1N1CCCCC1. The van der Waals surface area contributed by atoms with Crippen LogP contribution in [-0.2, 0) is 0 Å². The first-order valence-corrected chi connectivity index (χ1v) is 7.41. The molecule has 1 aliphatic rings. The van der Waals surface area contributed by atoms with Gasteiger partial charge in [-0.2, -0.15) is 9.78 Å². The number of rotatable bonds is 3. The van der Waals surface area contributed by atoms with Crippen molar-refractivity contribution in [2.24, 2.45) is 5.73 Å². The van der Waals surface area contributed by atoms with E-state index in [1.54, 1.807) is 12.1 Å². The molecule has 6 nitrogen and oxygen atoms in total. The van der Waals surface area contributed by atoms with Gasteiger partial charge in [0.05, 0.1) is 11.4 Å². The lowest BCUT2D eigenvalue weighted by Gasteiger charge is -2.29. The highest BCUT2D eigenvalue weighted by Gasteiger charge is 2.21. The normalized spacial score (nSPS) is 14.2. The van der Waals surface area contributed by atoms with Crippen LogP contribution in [-0.4, -0.2) is 28.8 Å². The van der Waals surface area contributed by atoms with Crippen molar-refractivity contribution in [3.8, 4) is 5.69 Å². The second-order valence-corrected chi connectivity index (χ2v) is 5.38. The Morgan fingerprint density at radius 1 is 1.09 bits per heavy atom. The van der Waals surface area contributed by atoms with Crippen LogP contribution in [0, 0.1) is 0 Å². The Morgan fingerprint density at radius 2 is 1.74 bits per heavy atom. The fourth-order valence-corrected chi connectivity index (χ4v) is 2.75. The van der Waals surface area contributed by atoms with Crippen LogP contribution in [0.15, 0.2) is 41.2 Å². The van der Waals surface area contributed by atoms with E-state index in [4.69, 9.17) is 5.73 Å². The Kier molecular flexibility index (Phi) is 5.39. The highest BCUT2D eigenvalue weighted by molar-refractivity contribution is 5.96. The molecule has 1 saturated heterocycles. The molecule has 0 aliphatic carbocycles. The summed E-state index contributed by atoms with van der Waals surface area (Å²) in [5.41, 5.74) is 6.51. The van der Waals surface area contributed by atoms with Crippen molar-refractivity contribution in [1.82, 2.24) is 9.78 Å². The highest BCUT2D eigenvalue weighted by Crippen LogP contribution is 2.21. The van der Waals surface area contributed by atoms with Gasteiger partial charge < -0.3 is 10.6 Å². The highest BCUT2D eigenvalue weighted by atomic mass is 35.5. The zero-order chi connectivity index (χ0) is 15.5. The van der Waals surface area contributed by atoms with Crippen LogP contribution < -0.4 is 16.2 Å². The maximum Gasteiger partial charge on any atom is 0.273 e. The zero-order valence-corrected chi connectivity index (χ0v) is 13.5. The fourth-order valence-electron chi connectivity index (χ4n) is 2.75. The van der Waals surface area contributed by atoms with Crippen LogP contribution >= 0.6 is 12.4 Å². The lowest BCUT2D eigenvalue weighted by molar-refractivity contribution is 0.0994. The Hall–Kier alpha value is -2.34. The van der Waals surface area contributed by atoms with Gasteiger partial charge in [0, 0.05) is 19.2 Å². The van der Waals surface area contributed by atoms with Crippen LogP contribution in [0.5, 0.6) is 0 Å². The Morgan fingerprint density at radius 3 is 2.35 bits per heavy atom. The summed E-state index contributed by atoms with van der Waals surface area (Å²) in [6.45, 7) is 1.63. The minimum absolute atomic E-state index is 0. The molecule has 1 aromatic carbocycles. The van der Waals surface area contributed by atoms with Gasteiger partial charge in [-0.05, 0) is 31.4 Å². The Bertz CT molecular complexity index is 739. The quantitative estimate of drug-likeness (QED) is 0.927. The van der Waals surface area contributed by atoms with Crippen molar-refractivity contribution in [2.45, 2.75) is 19.3 Å². The topological polar surface area (TPSA) is 81.2 Å². The molecule has 0 bridgehead atoms. The maximum atomic E-state index is 12.4. The van der Waals surface area contributed by atoms with E-state index in [-0.39, 0.29) is 23.7 Å². The number of anilines is 1. The zero-order valence-electron chi connectivity index (χ0n) is 12.6. The van der Waals surface area contributed by atoms with Gasteiger partial charge in [-0.3, -0.25) is 9.59 Å². The lowest BCUT2D eigenvalue weighted by Crippen LogP contribution is -2.35. The number of amides is 1. The van der Waals surface area contributed by atoms with Gasteiger partial charge >= 0.3 is 0 Å². The third kappa shape index (κ3) is 3.53. The standard InChI is InChI=1S/C16H18N4O2.ClH/c17-16(22)15-13(19-9-5-2-6-10-19)11-14(21)20(18-15)12-7-3-1-4-8-12;/h1,3-4,7-8,11H,2,5-6,9-10H2,(H2,17,22);1H. The minimum atomic E-state index is -0.620. The van der Waals surface area contributed by atoms with Gasteiger partial charge in [0.15, 0.2) is 5.69 Å². The van der Waals surface area contributed by atoms with Crippen LogP contribution in [0.1, 0.15) is 29.8 Å². The number of para-hydroxylation sites is 1. The number of carbonyl (C=O) groups is 1. The number of hydrogen-bond acceptors (Lipinski definition) is 4. The number of halogens is 1. The first kappa shape index (κ1) is 17.0. The molecule has 0 unspecified atom stereocenters. The van der Waals surface area contributed by atoms with E-state index in [0.717, 1.165) is 32.4 Å². The van der Waals surface area contributed by atoms with Crippen molar-refractivity contribution >= 4 is 24.0 Å². The summed E-state index contributed by atoms with van der Waals surface area (Å²) in [5.74, 6) is -0.620. The van der Waals surface area contributed by atoms with E-state index >= 15 is 0 Å². The molecule has 0 radical (unpaired) electrons. The van der Waals surface area contributed by atoms with Crippen molar-refractivity contribution in [1.29, 1.82) is 0 Å². The summed E-state index contributed by atoms with van der Waals surface area (Å²) < 4.78 is 1.22. The predicted octanol–water partition coefficient (Wildman–Crippen LogP) is 1.74. The number of benzene rings is 1. The first-order valence-electron chi connectivity index (χ1n) is 7.41. The van der Waals surface area contributed by atoms with E-state index < -0.39 is 5.91 Å². The van der Waals surface area contributed by atoms with E-state index in [1.165, 1.54) is 10.7 Å². The average molecular weight is 335 g/mol. The molecule has 0 atom stereocenters. The maximum absolute atomic E-state index is 12.4. The predicted molar refractivity (Wildman–Crippen MR) is 91.7 cm³/mol. The monoisotopic (exact) mass is 334 g/mol. The lowest BCUT2D eigenvalue weighted by atomic mass is 10.1. The van der Waals surface area contributed by atoms with E-state index in [0.29, 0.717) is 11.4 Å². The van der Waals surface area contributed by atoms with Crippen molar-refractivity contribution in [3.63, 3.8) is 0 Å². The summed E-state index contributed by atoms with van der Waals surface area (Å²) >= 11 is 0. The summed E-state index contributed by atoms with van der Waals surface area (Å²) in [4.78, 5) is 26.2. The van der Waals surface area contributed by atoms with E-state index in [2.05, 4.69) is 5.10 Å². The average Bonchev–Trinajstić information content (AvgIpc) is 2.56. The molecular weight excluding hydrogens is 316 g/mol. The molecule has 0 saturated carbocycles. The molecule has 2 heterocycles. The molecule has 2 N–H and O–H groups in total. The first-order chi connectivity index (χ1) is 10.7. The molecule has 122 valence electrons. The molecule has 23 heavy (non-hydrogen) atoms. The summed E-state index contributed by atoms with van der Waals surface area (Å²) in [6.07, 6.45) is 3.25. The van der Waals surface area contributed by atoms with Crippen molar-refractivity contribution in [3.05, 3.63) is 52.4 Å². The van der Waals surface area contributed by atoms with Crippen molar-refractivity contribution in [2.75, 3.05) is 18.0 Å². The van der Waals surface area contributed by atoms with Gasteiger partial charge in [-0.25, -0.2) is 0 Å². The van der Waals surface area contributed by atoms with Gasteiger partial charge in [-0.15, -0.1) is 12.4 Å². The second-order valence-electron chi connectivity index (χ2n) is 5.38. The smallest absolute Gasteiger partial charge is 0.273 e. The van der Waals surface area contributed by atoms with Crippen LogP contribution in [0.4, 0.5) is 5.69 Å². The number of nitrogens with zero attached hydrogens (tertiary/aromatic N) is 3. The number of aromatic nitrogens is 2. The van der Waals surface area contributed by atoms with Gasteiger partial charge in [0.25, 0.3) is 11.5 Å². The number of piperidine rings is 1. The molecule has 1 aromatic heterocycles. The van der Waals surface area contributed by atoms with Crippen LogP contribution in [0.2, 0.25) is 0 Å². The Balaban J connectivity index is 0.00000192. The fraction of sp³-hybridized carbons (Fsp3) is 0.312. The summed E-state index contributed by atoms with van der Waals surface area (Å²) in [6, 6.07) is 10.5. The molecule has 0 spiro atoms. The molecule has 2 aromatic rings. The molecule has 1 aliphatic heterocycles. The van der Waals surface area contributed by atoms with E-state index in [1.807, 2.05) is 23.1 Å². The van der Waals surface area contributed by atoms with Gasteiger partial charge in [0.1, 0.15) is 0 Å². The largest absolute Gasteiger partial charge is 0.369 e. The number of carbonyl (C=O) groups excluding carboxylic acids is 1. The summed E-state index contributed by atoms with van der Waals surface area (Å²) in [7, 11) is 0. The molecule has 7 heteroatoms. The number of nitrogens with two attached hydrogens (primary N) is 1. The number of primary amides is 1. The molecule has 1 amide bonds. The van der Waals surface area contributed by atoms with Gasteiger partial charge in [-0.1, -0.05) is 18.2 Å². The molecule has 1 fully saturated rings. The number of hydrogen-bond donors (Lipinski definition) is 1. The van der Waals surface area contributed by atoms with E-state index in [9.17, 15) is 9.59 Å². The minimum Gasteiger partial charge on any atom is -0.369 e. The van der Waals surface area contributed by atoms with Crippen molar-refractivity contribution < 1.29 is 4.79 Å². The van der Waals surface area contributed by atoms with Crippen LogP contribution in [0.25, 0.3) is 5.69 Å². The Labute approximate surface area is 140 Å². The third-order valence-corrected chi connectivity index (χ3v) is 3.84. The molecule has 3 rings (SSSR count). The summed E-state index contributed by atoms with van der Waals surface area (Å²) in [5, 5.41) is 4.21.